The maximum absolute atomic E-state index is 12.0. The Balaban J connectivity index is 1.68. The van der Waals surface area contributed by atoms with Crippen LogP contribution < -0.4 is 10.1 Å². The molecule has 0 saturated carbocycles. The Hall–Kier alpha value is -3.21. The Morgan fingerprint density at radius 2 is 1.54 bits per heavy atom. The maximum atomic E-state index is 12.0. The van der Waals surface area contributed by atoms with Gasteiger partial charge in [0.15, 0.2) is 0 Å². The summed E-state index contributed by atoms with van der Waals surface area (Å²) in [6.45, 7) is 3.85. The zero-order valence-electron chi connectivity index (χ0n) is 13.5. The first-order chi connectivity index (χ1) is 11.6. The molecule has 0 saturated heterocycles. The van der Waals surface area contributed by atoms with E-state index in [9.17, 15) is 4.79 Å². The molecule has 120 valence electrons. The molecule has 0 radical (unpaired) electrons. The van der Waals surface area contributed by atoms with Gasteiger partial charge < -0.3 is 10.1 Å². The summed E-state index contributed by atoms with van der Waals surface area (Å²) in [7, 11) is 0. The third-order valence-corrected chi connectivity index (χ3v) is 3.31. The summed E-state index contributed by atoms with van der Waals surface area (Å²) in [6, 6.07) is 17.9. The predicted octanol–water partition coefficient (Wildman–Crippen LogP) is 4.06. The fourth-order valence-electron chi connectivity index (χ4n) is 2.26. The van der Waals surface area contributed by atoms with Crippen LogP contribution in [0.15, 0.2) is 60.7 Å². The number of hydrogen-bond donors (Lipinski definition) is 1. The number of carbonyl (C=O) groups excluding carboxylic acids is 1. The van der Waals surface area contributed by atoms with Crippen LogP contribution in [-0.4, -0.2) is 15.9 Å². The van der Waals surface area contributed by atoms with E-state index in [1.165, 1.54) is 0 Å². The van der Waals surface area contributed by atoms with Gasteiger partial charge in [0, 0.05) is 17.1 Å². The summed E-state index contributed by atoms with van der Waals surface area (Å²) < 4.78 is 5.35. The number of aromatic nitrogens is 2. The van der Waals surface area contributed by atoms with Crippen LogP contribution in [0.25, 0.3) is 0 Å². The van der Waals surface area contributed by atoms with Crippen molar-refractivity contribution in [2.24, 2.45) is 0 Å². The molecule has 0 fully saturated rings. The first kappa shape index (κ1) is 15.7. The fraction of sp³-hybridized carbons (Fsp3) is 0.105. The molecular formula is C19H17N3O2. The molecule has 2 aromatic carbocycles. The molecule has 0 bridgehead atoms. The van der Waals surface area contributed by atoms with E-state index < -0.39 is 0 Å². The first-order valence-electron chi connectivity index (χ1n) is 7.57. The summed E-state index contributed by atoms with van der Waals surface area (Å²) in [6.07, 6.45) is 0. The van der Waals surface area contributed by atoms with Crippen LogP contribution in [0.5, 0.6) is 5.75 Å². The second kappa shape index (κ2) is 6.91. The van der Waals surface area contributed by atoms with E-state index in [-0.39, 0.29) is 5.97 Å². The van der Waals surface area contributed by atoms with Crippen LogP contribution in [0.1, 0.15) is 21.7 Å². The summed E-state index contributed by atoms with van der Waals surface area (Å²) >= 11 is 0. The average molecular weight is 319 g/mol. The Labute approximate surface area is 140 Å². The Morgan fingerprint density at radius 3 is 2.17 bits per heavy atom. The maximum Gasteiger partial charge on any atom is 0.343 e. The normalized spacial score (nSPS) is 10.2. The van der Waals surface area contributed by atoms with Crippen molar-refractivity contribution in [3.05, 3.63) is 77.6 Å². The van der Waals surface area contributed by atoms with Crippen molar-refractivity contribution in [3.8, 4) is 5.75 Å². The van der Waals surface area contributed by atoms with Crippen LogP contribution in [0.4, 0.5) is 11.6 Å². The molecule has 0 spiro atoms. The third kappa shape index (κ3) is 3.95. The van der Waals surface area contributed by atoms with E-state index in [1.54, 1.807) is 36.4 Å². The molecule has 1 aromatic heterocycles. The monoisotopic (exact) mass is 319 g/mol. The van der Waals surface area contributed by atoms with Gasteiger partial charge in [0.1, 0.15) is 5.75 Å². The molecular weight excluding hydrogens is 302 g/mol. The van der Waals surface area contributed by atoms with E-state index in [1.807, 2.05) is 38.1 Å². The van der Waals surface area contributed by atoms with Gasteiger partial charge in [0.25, 0.3) is 0 Å². The lowest BCUT2D eigenvalue weighted by Crippen LogP contribution is -2.08. The Morgan fingerprint density at radius 1 is 0.917 bits per heavy atom. The number of anilines is 2. The molecule has 5 heteroatoms. The predicted molar refractivity (Wildman–Crippen MR) is 92.6 cm³/mol. The van der Waals surface area contributed by atoms with E-state index in [0.29, 0.717) is 17.3 Å². The van der Waals surface area contributed by atoms with Gasteiger partial charge in [0.05, 0.1) is 5.56 Å². The van der Waals surface area contributed by atoms with Crippen molar-refractivity contribution in [1.82, 2.24) is 9.97 Å². The molecule has 5 nitrogen and oxygen atoms in total. The molecule has 1 heterocycles. The number of rotatable bonds is 4. The zero-order chi connectivity index (χ0) is 16.9. The number of benzene rings is 2. The number of ether oxygens (including phenoxy) is 1. The van der Waals surface area contributed by atoms with Crippen LogP contribution in [0, 0.1) is 13.8 Å². The van der Waals surface area contributed by atoms with Crippen molar-refractivity contribution in [2.75, 3.05) is 5.32 Å². The van der Waals surface area contributed by atoms with Crippen LogP contribution >= 0.6 is 0 Å². The molecule has 0 aliphatic carbocycles. The highest BCUT2D eigenvalue weighted by Crippen LogP contribution is 2.19. The van der Waals surface area contributed by atoms with Crippen molar-refractivity contribution < 1.29 is 9.53 Å². The lowest BCUT2D eigenvalue weighted by atomic mass is 10.2. The number of aryl methyl sites for hydroxylation is 2. The smallest absolute Gasteiger partial charge is 0.343 e. The summed E-state index contributed by atoms with van der Waals surface area (Å²) in [5.74, 6) is 0.645. The number of hydrogen-bond acceptors (Lipinski definition) is 5. The van der Waals surface area contributed by atoms with E-state index >= 15 is 0 Å². The average Bonchev–Trinajstić information content (AvgIpc) is 2.56. The largest absolute Gasteiger partial charge is 0.423 e. The van der Waals surface area contributed by atoms with Crippen LogP contribution in [-0.2, 0) is 0 Å². The molecule has 3 rings (SSSR count). The van der Waals surface area contributed by atoms with Crippen LogP contribution in [0.2, 0.25) is 0 Å². The highest BCUT2D eigenvalue weighted by molar-refractivity contribution is 5.91. The summed E-state index contributed by atoms with van der Waals surface area (Å²) in [5, 5.41) is 3.14. The number of nitrogens with one attached hydrogen (secondary N) is 1. The molecule has 0 aliphatic rings. The summed E-state index contributed by atoms with van der Waals surface area (Å²) in [4.78, 5) is 20.7. The molecule has 24 heavy (non-hydrogen) atoms. The van der Waals surface area contributed by atoms with Crippen molar-refractivity contribution in [2.45, 2.75) is 13.8 Å². The van der Waals surface area contributed by atoms with Gasteiger partial charge in [-0.3, -0.25) is 0 Å². The Bertz CT molecular complexity index is 826. The topological polar surface area (TPSA) is 64.1 Å². The number of carbonyl (C=O) groups is 1. The molecule has 0 atom stereocenters. The highest BCUT2D eigenvalue weighted by atomic mass is 16.5. The molecule has 1 N–H and O–H groups in total. The minimum atomic E-state index is -0.381. The van der Waals surface area contributed by atoms with Gasteiger partial charge in [-0.05, 0) is 56.3 Å². The Kier molecular flexibility index (Phi) is 4.52. The fourth-order valence-corrected chi connectivity index (χ4v) is 2.26. The lowest BCUT2D eigenvalue weighted by molar-refractivity contribution is 0.0735. The van der Waals surface area contributed by atoms with Crippen molar-refractivity contribution >= 4 is 17.6 Å². The quantitative estimate of drug-likeness (QED) is 0.580. The van der Waals surface area contributed by atoms with E-state index in [2.05, 4.69) is 15.3 Å². The van der Waals surface area contributed by atoms with Crippen molar-refractivity contribution in [3.63, 3.8) is 0 Å². The van der Waals surface area contributed by atoms with Gasteiger partial charge in [-0.1, -0.05) is 18.2 Å². The highest BCUT2D eigenvalue weighted by Gasteiger charge is 2.08. The standard InChI is InChI=1S/C19H17N3O2/c1-13-12-14(2)21-19(20-13)22-16-8-10-17(11-9-16)24-18(23)15-6-4-3-5-7-15/h3-12H,1-2H3,(H,20,21,22). The molecule has 0 unspecified atom stereocenters. The second-order valence-corrected chi connectivity index (χ2v) is 5.38. The second-order valence-electron chi connectivity index (χ2n) is 5.38. The minimum Gasteiger partial charge on any atom is -0.423 e. The van der Waals surface area contributed by atoms with Gasteiger partial charge in [-0.2, -0.15) is 0 Å². The van der Waals surface area contributed by atoms with Crippen LogP contribution in [0.3, 0.4) is 0 Å². The lowest BCUT2D eigenvalue weighted by Gasteiger charge is -2.08. The first-order valence-corrected chi connectivity index (χ1v) is 7.57. The van der Waals surface area contributed by atoms with Crippen molar-refractivity contribution in [1.29, 1.82) is 0 Å². The number of nitrogens with zero attached hydrogens (tertiary/aromatic N) is 2. The number of esters is 1. The van der Waals surface area contributed by atoms with Gasteiger partial charge in [0.2, 0.25) is 5.95 Å². The van der Waals surface area contributed by atoms with Gasteiger partial charge in [-0.25, -0.2) is 14.8 Å². The van der Waals surface area contributed by atoms with Gasteiger partial charge >= 0.3 is 5.97 Å². The molecule has 0 aliphatic heterocycles. The van der Waals surface area contributed by atoms with E-state index in [0.717, 1.165) is 17.1 Å². The third-order valence-electron chi connectivity index (χ3n) is 3.31. The molecule has 0 amide bonds. The molecule has 3 aromatic rings. The zero-order valence-corrected chi connectivity index (χ0v) is 13.5. The summed E-state index contributed by atoms with van der Waals surface area (Å²) in [5.41, 5.74) is 3.14. The minimum absolute atomic E-state index is 0.381. The van der Waals surface area contributed by atoms with E-state index in [4.69, 9.17) is 4.74 Å². The van der Waals surface area contributed by atoms with Gasteiger partial charge in [-0.15, -0.1) is 0 Å². The SMILES string of the molecule is Cc1cc(C)nc(Nc2ccc(OC(=O)c3ccccc3)cc2)n1.